The van der Waals surface area contributed by atoms with Crippen molar-refractivity contribution in [3.05, 3.63) is 0 Å². The van der Waals surface area contributed by atoms with Gasteiger partial charge in [0.2, 0.25) is 0 Å². The molecular formula is CH6ClNO5. The highest BCUT2D eigenvalue weighted by Gasteiger charge is 1.98. The zero-order chi connectivity index (χ0) is 7.21. The van der Waals surface area contributed by atoms with Crippen LogP contribution in [0.3, 0.4) is 0 Å². The lowest BCUT2D eigenvalue weighted by Gasteiger charge is -2.03. The summed E-state index contributed by atoms with van der Waals surface area (Å²) in [6.45, 7) is 0. The Morgan fingerprint density at radius 1 is 1.50 bits per heavy atom. The van der Waals surface area contributed by atoms with Gasteiger partial charge in [0.05, 0.1) is 22.0 Å². The normalized spacial score (nSPS) is 9.75. The van der Waals surface area contributed by atoms with Crippen molar-refractivity contribution in [2.75, 3.05) is 7.11 Å². The second-order valence-electron chi connectivity index (χ2n) is 0.632. The van der Waals surface area contributed by atoms with Gasteiger partial charge in [0, 0.05) is 0 Å². The van der Waals surface area contributed by atoms with Crippen LogP contribution in [0.1, 0.15) is 0 Å². The molecule has 8 heavy (non-hydrogen) atoms. The summed E-state index contributed by atoms with van der Waals surface area (Å²) in [5.74, 6) is 4.35. The van der Waals surface area contributed by atoms with Crippen molar-refractivity contribution in [2.24, 2.45) is 5.90 Å². The summed E-state index contributed by atoms with van der Waals surface area (Å²) in [6, 6.07) is 0. The fourth-order valence-corrected chi connectivity index (χ4v) is 0. The van der Waals surface area contributed by atoms with Crippen LogP contribution in [0.5, 0.6) is 0 Å². The largest absolute Gasteiger partial charge is 0.308 e. The Bertz CT molecular complexity index is 36.2. The van der Waals surface area contributed by atoms with Gasteiger partial charge in [-0.05, 0) is 0 Å². The van der Waals surface area contributed by atoms with E-state index in [1.54, 1.807) is 0 Å². The predicted molar refractivity (Wildman–Crippen MR) is 13.4 cm³/mol. The van der Waals surface area contributed by atoms with Gasteiger partial charge in [0.25, 0.3) is 0 Å². The molecule has 0 saturated carbocycles. The molecule has 0 aromatic heterocycles. The van der Waals surface area contributed by atoms with Crippen molar-refractivity contribution in [1.82, 2.24) is 0 Å². The summed E-state index contributed by atoms with van der Waals surface area (Å²) in [7, 11) is -3.29. The molecule has 0 aromatic rings. The van der Waals surface area contributed by atoms with Gasteiger partial charge in [-0.1, -0.05) is 0 Å². The van der Waals surface area contributed by atoms with Crippen LogP contribution in [0.2, 0.25) is 0 Å². The van der Waals surface area contributed by atoms with Gasteiger partial charge in [-0.3, -0.25) is 0 Å². The first-order valence-corrected chi connectivity index (χ1v) is 2.54. The van der Waals surface area contributed by atoms with Crippen LogP contribution >= 0.6 is 0 Å². The Labute approximate surface area is 47.8 Å². The third-order valence-corrected chi connectivity index (χ3v) is 0. The van der Waals surface area contributed by atoms with Gasteiger partial charge in [0.15, 0.2) is 0 Å². The molecule has 0 aliphatic heterocycles. The van der Waals surface area contributed by atoms with E-state index < -0.39 is 10.2 Å². The van der Waals surface area contributed by atoms with E-state index in [0.717, 1.165) is 0 Å². The van der Waals surface area contributed by atoms with E-state index in [-0.39, 0.29) is 0 Å². The average Bonchev–Trinajstić information content (AvgIpc) is 1.27. The van der Waals surface area contributed by atoms with Crippen molar-refractivity contribution in [3.63, 3.8) is 0 Å². The highest BCUT2D eigenvalue weighted by atomic mass is 35.7. The summed E-state index contributed by atoms with van der Waals surface area (Å²) >= 11 is 0. The lowest BCUT2D eigenvalue weighted by atomic mass is 11.7. The Kier molecular flexibility index (Phi) is 7.09. The van der Waals surface area contributed by atoms with Gasteiger partial charge >= 0.3 is 0 Å². The molecule has 0 fully saturated rings. The van der Waals surface area contributed by atoms with E-state index in [9.17, 15) is 0 Å². The van der Waals surface area contributed by atoms with Crippen LogP contribution in [0.25, 0.3) is 0 Å². The van der Waals surface area contributed by atoms with Crippen molar-refractivity contribution in [1.29, 1.82) is 0 Å². The Morgan fingerprint density at radius 3 is 1.50 bits per heavy atom. The quantitative estimate of drug-likeness (QED) is 0.332. The molecule has 0 heterocycles. The lowest BCUT2D eigenvalue weighted by Crippen LogP contribution is -2.58. The minimum atomic E-state index is -4.69. The highest BCUT2D eigenvalue weighted by molar-refractivity contribution is 3.43. The Morgan fingerprint density at radius 2 is 1.50 bits per heavy atom. The number of nitrogens with two attached hydrogens (primary N) is 1. The van der Waals surface area contributed by atoms with Gasteiger partial charge in [-0.2, -0.15) is 14.0 Å². The SMILES string of the molecule is CON.[O-][Cl+3]([O-])([O-])O. The Hall–Kier alpha value is 0.0500. The monoisotopic (exact) mass is 147 g/mol. The smallest absolute Gasteiger partial charge is 0.0777 e. The van der Waals surface area contributed by atoms with Crippen LogP contribution in [0.15, 0.2) is 0 Å². The molecule has 0 bridgehead atoms. The van der Waals surface area contributed by atoms with E-state index in [1.807, 2.05) is 0 Å². The van der Waals surface area contributed by atoms with Crippen LogP contribution in [-0.2, 0) is 4.84 Å². The van der Waals surface area contributed by atoms with Crippen molar-refractivity contribution in [2.45, 2.75) is 0 Å². The third kappa shape index (κ3) is 61700. The van der Waals surface area contributed by atoms with E-state index in [1.165, 1.54) is 7.11 Å². The number of halogens is 1. The van der Waals surface area contributed by atoms with Gasteiger partial charge in [-0.15, -0.1) is 0 Å². The minimum Gasteiger partial charge on any atom is -0.308 e. The van der Waals surface area contributed by atoms with Crippen LogP contribution in [0.4, 0.5) is 0 Å². The van der Waals surface area contributed by atoms with Gasteiger partial charge < -0.3 is 4.84 Å². The Balaban J connectivity index is 0. The fourth-order valence-electron chi connectivity index (χ4n) is 0. The molecule has 7 heteroatoms. The highest BCUT2D eigenvalue weighted by Crippen LogP contribution is 1.60. The van der Waals surface area contributed by atoms with Gasteiger partial charge in [0.1, 0.15) is 0 Å². The molecule has 0 aromatic carbocycles. The predicted octanol–water partition coefficient (Wildman–Crippen LogP) is -4.62. The first-order chi connectivity index (χ1) is 3.41. The zero-order valence-electron chi connectivity index (χ0n) is 4.04. The molecule has 6 nitrogen and oxygen atoms in total. The van der Waals surface area contributed by atoms with Gasteiger partial charge in [-0.25, -0.2) is 5.90 Å². The second kappa shape index (κ2) is 5.19. The molecule has 0 atom stereocenters. The molecule has 52 valence electrons. The summed E-state index contributed by atoms with van der Waals surface area (Å²) in [4.78, 5) is 3.75. The van der Waals surface area contributed by atoms with Crippen molar-refractivity contribution >= 4 is 0 Å². The third-order valence-electron chi connectivity index (χ3n) is 0. The minimum absolute atomic E-state index is 1.40. The van der Waals surface area contributed by atoms with Crippen LogP contribution in [0, 0.1) is 10.2 Å². The number of hydrogen-bond donors (Lipinski definition) is 2. The summed E-state index contributed by atoms with van der Waals surface area (Å²) < 4.78 is 32.7. The van der Waals surface area contributed by atoms with E-state index in [2.05, 4.69) is 10.7 Å². The standard InChI is InChI=1S/CH5NO.ClHO4/c1-3-2;2-1(3,4)5/h2H2,1H3;(H,2,3,4,5). The fraction of sp³-hybridized carbons (Fsp3) is 1.00. The van der Waals surface area contributed by atoms with Crippen molar-refractivity contribution in [3.8, 4) is 0 Å². The summed E-state index contributed by atoms with van der Waals surface area (Å²) in [5, 5.41) is 0. The molecule has 0 unspecified atom stereocenters. The van der Waals surface area contributed by atoms with E-state index >= 15 is 0 Å². The lowest BCUT2D eigenvalue weighted by molar-refractivity contribution is -1.92. The van der Waals surface area contributed by atoms with E-state index in [0.29, 0.717) is 0 Å². The summed E-state index contributed by atoms with van der Waals surface area (Å²) in [5.41, 5.74) is 0. The summed E-state index contributed by atoms with van der Waals surface area (Å²) in [6.07, 6.45) is 0. The maximum absolute atomic E-state index is 8.60. The number of hydrogen-bond acceptors (Lipinski definition) is 6. The molecule has 0 spiro atoms. The maximum atomic E-state index is 8.60. The average molecular weight is 148 g/mol. The first-order valence-electron chi connectivity index (χ1n) is 1.28. The molecule has 0 saturated heterocycles. The molecule has 0 rings (SSSR count). The van der Waals surface area contributed by atoms with Crippen LogP contribution in [-0.4, -0.2) is 11.8 Å². The van der Waals surface area contributed by atoms with Crippen molar-refractivity contribution < 1.29 is 33.7 Å². The molecule has 0 aliphatic carbocycles. The number of rotatable bonds is 0. The molecule has 0 radical (unpaired) electrons. The topological polar surface area (TPSA) is 125 Å². The zero-order valence-corrected chi connectivity index (χ0v) is 4.79. The van der Waals surface area contributed by atoms with Crippen LogP contribution < -0.4 is 19.9 Å². The maximum Gasteiger partial charge on any atom is 0.0777 e. The van der Waals surface area contributed by atoms with E-state index in [4.69, 9.17) is 18.6 Å². The second-order valence-corrected chi connectivity index (χ2v) is 1.42. The molecular weight excluding hydrogens is 141 g/mol. The molecule has 0 amide bonds. The first kappa shape index (κ1) is 10.9. The molecule has 0 aliphatic rings. The molecule has 3 N–H and O–H groups in total.